The summed E-state index contributed by atoms with van der Waals surface area (Å²) < 4.78 is 0. The van der Waals surface area contributed by atoms with E-state index in [1.807, 2.05) is 35.2 Å². The number of rotatable bonds is 4. The normalized spacial score (nSPS) is 21.0. The number of hydrogen-bond acceptors (Lipinski definition) is 2. The van der Waals surface area contributed by atoms with Gasteiger partial charge in [0.2, 0.25) is 5.91 Å². The van der Waals surface area contributed by atoms with Crippen molar-refractivity contribution in [3.05, 3.63) is 71.3 Å². The molecule has 1 heterocycles. The number of aliphatic carboxylic acids is 1. The summed E-state index contributed by atoms with van der Waals surface area (Å²) in [5.41, 5.74) is 2.76. The van der Waals surface area contributed by atoms with E-state index in [1.54, 1.807) is 0 Å². The van der Waals surface area contributed by atoms with Gasteiger partial charge >= 0.3 is 5.97 Å². The van der Waals surface area contributed by atoms with E-state index >= 15 is 0 Å². The predicted octanol–water partition coefficient (Wildman–Crippen LogP) is 3.83. The molecule has 1 unspecified atom stereocenters. The van der Waals surface area contributed by atoms with Gasteiger partial charge in [-0.1, -0.05) is 54.6 Å². The van der Waals surface area contributed by atoms with Gasteiger partial charge in [0.1, 0.15) is 0 Å². The molecule has 4 rings (SSSR count). The molecule has 4 nitrogen and oxygen atoms in total. The first kappa shape index (κ1) is 18.7. The lowest BCUT2D eigenvalue weighted by molar-refractivity contribution is -0.148. The molecule has 1 atom stereocenters. The molecule has 28 heavy (non-hydrogen) atoms. The third kappa shape index (κ3) is 3.56. The lowest BCUT2D eigenvalue weighted by atomic mass is 9.72. The molecule has 0 aromatic heterocycles. The Morgan fingerprint density at radius 1 is 0.964 bits per heavy atom. The first-order valence-corrected chi connectivity index (χ1v) is 10.2. The first-order valence-electron chi connectivity index (χ1n) is 10.2. The largest absolute Gasteiger partial charge is 0.481 e. The Morgan fingerprint density at radius 2 is 1.61 bits per heavy atom. The molecule has 0 radical (unpaired) electrons. The summed E-state index contributed by atoms with van der Waals surface area (Å²) in [4.78, 5) is 26.8. The van der Waals surface area contributed by atoms with Gasteiger partial charge in [-0.3, -0.25) is 9.59 Å². The topological polar surface area (TPSA) is 57.6 Å². The van der Waals surface area contributed by atoms with Gasteiger partial charge in [0.05, 0.1) is 5.41 Å². The highest BCUT2D eigenvalue weighted by Gasteiger charge is 2.43. The van der Waals surface area contributed by atoms with E-state index in [1.165, 1.54) is 11.1 Å². The van der Waals surface area contributed by atoms with Crippen LogP contribution in [0.15, 0.2) is 54.6 Å². The number of benzene rings is 2. The Hall–Kier alpha value is -2.62. The van der Waals surface area contributed by atoms with E-state index in [0.29, 0.717) is 38.3 Å². The van der Waals surface area contributed by atoms with Gasteiger partial charge in [-0.2, -0.15) is 0 Å². The minimum absolute atomic E-state index is 0.177. The third-order valence-corrected chi connectivity index (χ3v) is 6.62. The molecule has 1 amide bonds. The standard InChI is InChI=1S/C24H27NO3/c26-22(17-18-10-11-19-6-4-5-7-20(19)16-18)25-14-12-24(13-15-25,23(27)28)21-8-2-1-3-9-21/h1-9,18H,10-17H2,(H,27,28). The van der Waals surface area contributed by atoms with Crippen LogP contribution >= 0.6 is 0 Å². The Kier molecular flexibility index (Phi) is 5.21. The van der Waals surface area contributed by atoms with Crippen molar-refractivity contribution in [1.29, 1.82) is 0 Å². The SMILES string of the molecule is O=C(CC1CCc2ccccc2C1)N1CCC(C(=O)O)(c2ccccc2)CC1. The van der Waals surface area contributed by atoms with Crippen LogP contribution in [0.25, 0.3) is 0 Å². The number of aryl methyl sites for hydroxylation is 1. The lowest BCUT2D eigenvalue weighted by Crippen LogP contribution is -2.49. The molecule has 1 aliphatic heterocycles. The maximum Gasteiger partial charge on any atom is 0.314 e. The van der Waals surface area contributed by atoms with Crippen molar-refractivity contribution in [1.82, 2.24) is 4.90 Å². The smallest absolute Gasteiger partial charge is 0.314 e. The van der Waals surface area contributed by atoms with E-state index in [-0.39, 0.29) is 5.91 Å². The van der Waals surface area contributed by atoms with Gasteiger partial charge in [0.25, 0.3) is 0 Å². The summed E-state index contributed by atoms with van der Waals surface area (Å²) in [5.74, 6) is -0.214. The van der Waals surface area contributed by atoms with Crippen LogP contribution in [-0.2, 0) is 27.8 Å². The molecule has 1 N–H and O–H groups in total. The zero-order valence-corrected chi connectivity index (χ0v) is 16.1. The second kappa shape index (κ2) is 7.78. The molecule has 146 valence electrons. The fourth-order valence-electron chi connectivity index (χ4n) is 4.84. The van der Waals surface area contributed by atoms with Crippen LogP contribution in [0, 0.1) is 5.92 Å². The van der Waals surface area contributed by atoms with Crippen molar-refractivity contribution in [2.75, 3.05) is 13.1 Å². The molecular weight excluding hydrogens is 350 g/mol. The van der Waals surface area contributed by atoms with E-state index < -0.39 is 11.4 Å². The van der Waals surface area contributed by atoms with Gasteiger partial charge in [0.15, 0.2) is 0 Å². The van der Waals surface area contributed by atoms with Crippen LogP contribution in [0.5, 0.6) is 0 Å². The molecule has 1 aliphatic carbocycles. The zero-order chi connectivity index (χ0) is 19.6. The van der Waals surface area contributed by atoms with Crippen LogP contribution in [0.3, 0.4) is 0 Å². The molecular formula is C24H27NO3. The van der Waals surface area contributed by atoms with Gasteiger partial charge in [-0.25, -0.2) is 0 Å². The highest BCUT2D eigenvalue weighted by Crippen LogP contribution is 2.36. The van der Waals surface area contributed by atoms with Crippen LogP contribution in [0.2, 0.25) is 0 Å². The number of carboxylic acid groups (broad SMARTS) is 1. The van der Waals surface area contributed by atoms with Gasteiger partial charge < -0.3 is 10.0 Å². The molecule has 1 fully saturated rings. The molecule has 2 aromatic rings. The van der Waals surface area contributed by atoms with E-state index in [4.69, 9.17) is 0 Å². The number of fused-ring (bicyclic) bond motifs is 1. The second-order valence-corrected chi connectivity index (χ2v) is 8.22. The number of likely N-dealkylation sites (tertiary alicyclic amines) is 1. The maximum atomic E-state index is 12.9. The Bertz CT molecular complexity index is 853. The van der Waals surface area contributed by atoms with Crippen LogP contribution in [0.1, 0.15) is 42.4 Å². The molecule has 2 aliphatic rings. The summed E-state index contributed by atoms with van der Waals surface area (Å²) in [6, 6.07) is 18.0. The highest BCUT2D eigenvalue weighted by atomic mass is 16.4. The minimum Gasteiger partial charge on any atom is -0.481 e. The van der Waals surface area contributed by atoms with Crippen molar-refractivity contribution < 1.29 is 14.7 Å². The molecule has 0 spiro atoms. The summed E-state index contributed by atoms with van der Waals surface area (Å²) in [5, 5.41) is 9.92. The Balaban J connectivity index is 1.38. The van der Waals surface area contributed by atoms with E-state index in [9.17, 15) is 14.7 Å². The first-order chi connectivity index (χ1) is 13.6. The summed E-state index contributed by atoms with van der Waals surface area (Å²) in [6.45, 7) is 1.03. The fraction of sp³-hybridized carbons (Fsp3) is 0.417. The average Bonchev–Trinajstić information content (AvgIpc) is 2.74. The average molecular weight is 377 g/mol. The summed E-state index contributed by atoms with van der Waals surface area (Å²) in [6.07, 6.45) is 4.60. The number of amides is 1. The van der Waals surface area contributed by atoms with Crippen molar-refractivity contribution in [3.8, 4) is 0 Å². The van der Waals surface area contributed by atoms with Gasteiger partial charge in [0, 0.05) is 19.5 Å². The van der Waals surface area contributed by atoms with Crippen molar-refractivity contribution >= 4 is 11.9 Å². The molecule has 0 bridgehead atoms. The Morgan fingerprint density at radius 3 is 2.29 bits per heavy atom. The fourth-order valence-corrected chi connectivity index (χ4v) is 4.84. The van der Waals surface area contributed by atoms with E-state index in [2.05, 4.69) is 24.3 Å². The molecule has 0 saturated carbocycles. The van der Waals surface area contributed by atoms with Crippen molar-refractivity contribution in [2.24, 2.45) is 5.92 Å². The zero-order valence-electron chi connectivity index (χ0n) is 16.1. The molecule has 2 aromatic carbocycles. The molecule has 1 saturated heterocycles. The molecule has 4 heteroatoms. The third-order valence-electron chi connectivity index (χ3n) is 6.62. The number of piperidine rings is 1. The summed E-state index contributed by atoms with van der Waals surface area (Å²) >= 11 is 0. The second-order valence-electron chi connectivity index (χ2n) is 8.22. The van der Waals surface area contributed by atoms with Crippen LogP contribution < -0.4 is 0 Å². The lowest BCUT2D eigenvalue weighted by Gasteiger charge is -2.39. The summed E-state index contributed by atoms with van der Waals surface area (Å²) in [7, 11) is 0. The number of carbonyl (C=O) groups is 2. The van der Waals surface area contributed by atoms with Gasteiger partial charge in [-0.15, -0.1) is 0 Å². The van der Waals surface area contributed by atoms with Crippen LogP contribution in [0.4, 0.5) is 0 Å². The number of carbonyl (C=O) groups excluding carboxylic acids is 1. The van der Waals surface area contributed by atoms with Crippen LogP contribution in [-0.4, -0.2) is 35.0 Å². The quantitative estimate of drug-likeness (QED) is 0.881. The van der Waals surface area contributed by atoms with Crippen molar-refractivity contribution in [2.45, 2.75) is 43.9 Å². The maximum absolute atomic E-state index is 12.9. The Labute approximate surface area is 166 Å². The minimum atomic E-state index is -0.873. The number of carboxylic acids is 1. The van der Waals surface area contributed by atoms with Crippen molar-refractivity contribution in [3.63, 3.8) is 0 Å². The number of hydrogen-bond donors (Lipinski definition) is 1. The highest BCUT2D eigenvalue weighted by molar-refractivity contribution is 5.83. The predicted molar refractivity (Wildman–Crippen MR) is 108 cm³/mol. The van der Waals surface area contributed by atoms with Gasteiger partial charge in [-0.05, 0) is 54.7 Å². The number of nitrogens with zero attached hydrogens (tertiary/aromatic N) is 1. The monoisotopic (exact) mass is 377 g/mol. The van der Waals surface area contributed by atoms with E-state index in [0.717, 1.165) is 24.8 Å².